The van der Waals surface area contributed by atoms with Gasteiger partial charge in [-0.2, -0.15) is 4.57 Å². The molecule has 1 aromatic heterocycles. The predicted molar refractivity (Wildman–Crippen MR) is 84.6 cm³/mol. The number of aromatic nitrogens is 1. The zero-order chi connectivity index (χ0) is 13.3. The standard InChI is InChI=1S/C16H20NS2/c1-2-3-12-17-13-8-7-11-16(17)19-14-18-15-9-5-4-6-10-15/h4-11,13H,2-3,12,14H2,1H3/q+1. The van der Waals surface area contributed by atoms with E-state index in [4.69, 9.17) is 0 Å². The third-order valence-corrected chi connectivity index (χ3v) is 5.04. The van der Waals surface area contributed by atoms with Gasteiger partial charge in [0, 0.05) is 23.4 Å². The first kappa shape index (κ1) is 14.5. The molecule has 0 aliphatic carbocycles. The van der Waals surface area contributed by atoms with Crippen molar-refractivity contribution in [3.05, 3.63) is 54.7 Å². The average molecular weight is 290 g/mol. The molecule has 0 aliphatic heterocycles. The van der Waals surface area contributed by atoms with E-state index in [1.807, 2.05) is 23.5 Å². The van der Waals surface area contributed by atoms with E-state index in [0.29, 0.717) is 0 Å². The van der Waals surface area contributed by atoms with Crippen LogP contribution in [0.5, 0.6) is 0 Å². The van der Waals surface area contributed by atoms with Crippen molar-refractivity contribution < 1.29 is 4.57 Å². The second kappa shape index (κ2) is 8.28. The zero-order valence-corrected chi connectivity index (χ0v) is 12.9. The summed E-state index contributed by atoms with van der Waals surface area (Å²) in [6.45, 7) is 3.36. The quantitative estimate of drug-likeness (QED) is 0.416. The molecule has 2 rings (SSSR count). The molecular formula is C16H20NS2+. The highest BCUT2D eigenvalue weighted by Crippen LogP contribution is 2.25. The summed E-state index contributed by atoms with van der Waals surface area (Å²) < 4.78 is 2.36. The fraction of sp³-hybridized carbons (Fsp3) is 0.312. The van der Waals surface area contributed by atoms with Crippen LogP contribution in [0.3, 0.4) is 0 Å². The zero-order valence-electron chi connectivity index (χ0n) is 11.3. The van der Waals surface area contributed by atoms with Crippen LogP contribution >= 0.6 is 23.5 Å². The molecule has 0 amide bonds. The van der Waals surface area contributed by atoms with Crippen molar-refractivity contribution >= 4 is 23.5 Å². The smallest absolute Gasteiger partial charge is 0.193 e. The summed E-state index contributed by atoms with van der Waals surface area (Å²) in [5, 5.41) is 2.42. The monoisotopic (exact) mass is 290 g/mol. The topological polar surface area (TPSA) is 3.88 Å². The van der Waals surface area contributed by atoms with E-state index in [1.54, 1.807) is 0 Å². The Morgan fingerprint density at radius 3 is 2.53 bits per heavy atom. The first-order chi connectivity index (χ1) is 9.40. The molecule has 0 N–H and O–H groups in total. The minimum absolute atomic E-state index is 1.06. The highest BCUT2D eigenvalue weighted by molar-refractivity contribution is 8.15. The summed E-state index contributed by atoms with van der Waals surface area (Å²) in [6.07, 6.45) is 4.67. The maximum absolute atomic E-state index is 2.36. The summed E-state index contributed by atoms with van der Waals surface area (Å²) in [4.78, 5) is 1.34. The second-order valence-electron chi connectivity index (χ2n) is 4.31. The lowest BCUT2D eigenvalue weighted by Crippen LogP contribution is -2.35. The first-order valence-corrected chi connectivity index (χ1v) is 8.66. The van der Waals surface area contributed by atoms with Gasteiger partial charge in [-0.05, 0) is 30.0 Å². The molecule has 0 aliphatic rings. The third-order valence-electron chi connectivity index (χ3n) is 2.83. The Balaban J connectivity index is 1.88. The van der Waals surface area contributed by atoms with Gasteiger partial charge in [0.25, 0.3) is 0 Å². The molecule has 1 aromatic carbocycles. The van der Waals surface area contributed by atoms with Crippen LogP contribution in [0.25, 0.3) is 0 Å². The normalized spacial score (nSPS) is 10.6. The molecule has 0 atom stereocenters. The Morgan fingerprint density at radius 2 is 1.74 bits per heavy atom. The van der Waals surface area contributed by atoms with E-state index >= 15 is 0 Å². The average Bonchev–Trinajstić information content (AvgIpc) is 2.47. The lowest BCUT2D eigenvalue weighted by atomic mass is 10.3. The molecule has 2 aromatic rings. The fourth-order valence-corrected chi connectivity index (χ4v) is 3.88. The van der Waals surface area contributed by atoms with E-state index in [-0.39, 0.29) is 0 Å². The highest BCUT2D eigenvalue weighted by atomic mass is 32.2. The summed E-state index contributed by atoms with van der Waals surface area (Å²) in [6, 6.07) is 17.0. The van der Waals surface area contributed by atoms with Gasteiger partial charge in [0.1, 0.15) is 6.54 Å². The van der Waals surface area contributed by atoms with Crippen LogP contribution in [0.4, 0.5) is 0 Å². The highest BCUT2D eigenvalue weighted by Gasteiger charge is 2.09. The van der Waals surface area contributed by atoms with Crippen LogP contribution < -0.4 is 4.57 Å². The molecule has 0 bridgehead atoms. The molecule has 1 heterocycles. The lowest BCUT2D eigenvalue weighted by Gasteiger charge is -2.03. The van der Waals surface area contributed by atoms with Crippen LogP contribution in [0.15, 0.2) is 64.6 Å². The van der Waals surface area contributed by atoms with Gasteiger partial charge in [-0.25, -0.2) is 0 Å². The van der Waals surface area contributed by atoms with E-state index in [0.717, 1.165) is 11.6 Å². The van der Waals surface area contributed by atoms with Crippen LogP contribution in [-0.2, 0) is 6.54 Å². The molecule has 0 saturated heterocycles. The molecule has 0 fully saturated rings. The van der Waals surface area contributed by atoms with Crippen LogP contribution in [0, 0.1) is 0 Å². The summed E-state index contributed by atoms with van der Waals surface area (Å²) >= 11 is 3.82. The number of benzene rings is 1. The van der Waals surface area contributed by atoms with Gasteiger partial charge in [-0.1, -0.05) is 31.5 Å². The molecule has 0 radical (unpaired) electrons. The maximum Gasteiger partial charge on any atom is 0.240 e. The van der Waals surface area contributed by atoms with Crippen molar-refractivity contribution in [2.75, 3.05) is 5.08 Å². The van der Waals surface area contributed by atoms with Gasteiger partial charge in [0.2, 0.25) is 5.03 Å². The molecule has 1 nitrogen and oxygen atoms in total. The van der Waals surface area contributed by atoms with Crippen LogP contribution in [-0.4, -0.2) is 5.08 Å². The second-order valence-corrected chi connectivity index (χ2v) is 6.72. The minimum Gasteiger partial charge on any atom is -0.193 e. The van der Waals surface area contributed by atoms with Gasteiger partial charge in [0.15, 0.2) is 6.20 Å². The van der Waals surface area contributed by atoms with Gasteiger partial charge >= 0.3 is 0 Å². The van der Waals surface area contributed by atoms with Crippen molar-refractivity contribution in [2.45, 2.75) is 36.2 Å². The van der Waals surface area contributed by atoms with Crippen molar-refractivity contribution in [1.29, 1.82) is 0 Å². The van der Waals surface area contributed by atoms with Gasteiger partial charge in [-0.15, -0.1) is 11.8 Å². The fourth-order valence-electron chi connectivity index (χ4n) is 1.78. The van der Waals surface area contributed by atoms with Crippen molar-refractivity contribution in [3.63, 3.8) is 0 Å². The Labute approximate surface area is 124 Å². The number of hydrogen-bond donors (Lipinski definition) is 0. The summed E-state index contributed by atoms with van der Waals surface area (Å²) in [5.74, 6) is 0. The molecule has 3 heteroatoms. The SMILES string of the molecule is CCCC[n+]1ccccc1SCSc1ccccc1. The van der Waals surface area contributed by atoms with Crippen LogP contribution in [0.2, 0.25) is 0 Å². The minimum atomic E-state index is 1.06. The number of nitrogens with zero attached hydrogens (tertiary/aromatic N) is 1. The van der Waals surface area contributed by atoms with E-state index < -0.39 is 0 Å². The number of unbranched alkanes of at least 4 members (excludes halogenated alkanes) is 1. The van der Waals surface area contributed by atoms with E-state index in [2.05, 4.69) is 66.2 Å². The Bertz CT molecular complexity index is 485. The molecular weight excluding hydrogens is 270 g/mol. The Kier molecular flexibility index (Phi) is 6.31. The maximum atomic E-state index is 2.36. The van der Waals surface area contributed by atoms with Crippen molar-refractivity contribution in [2.24, 2.45) is 0 Å². The van der Waals surface area contributed by atoms with Crippen molar-refractivity contribution in [1.82, 2.24) is 0 Å². The molecule has 0 spiro atoms. The van der Waals surface area contributed by atoms with Crippen molar-refractivity contribution in [3.8, 4) is 0 Å². The first-order valence-electron chi connectivity index (χ1n) is 6.69. The van der Waals surface area contributed by atoms with Gasteiger partial charge in [0.05, 0.1) is 5.08 Å². The Morgan fingerprint density at radius 1 is 0.947 bits per heavy atom. The Hall–Kier alpha value is -0.930. The molecule has 0 unspecified atom stereocenters. The van der Waals surface area contributed by atoms with Crippen LogP contribution in [0.1, 0.15) is 19.8 Å². The molecule has 0 saturated carbocycles. The number of rotatable bonds is 7. The number of thioether (sulfide) groups is 2. The van der Waals surface area contributed by atoms with E-state index in [9.17, 15) is 0 Å². The van der Waals surface area contributed by atoms with Gasteiger partial charge in [-0.3, -0.25) is 0 Å². The summed E-state index contributed by atoms with van der Waals surface area (Å²) in [5.41, 5.74) is 0. The van der Waals surface area contributed by atoms with Gasteiger partial charge < -0.3 is 0 Å². The van der Waals surface area contributed by atoms with E-state index in [1.165, 1.54) is 22.8 Å². The number of aryl methyl sites for hydroxylation is 1. The third kappa shape index (κ3) is 4.92. The molecule has 100 valence electrons. The number of hydrogen-bond acceptors (Lipinski definition) is 2. The predicted octanol–water partition coefficient (Wildman–Crippen LogP) is 4.62. The lowest BCUT2D eigenvalue weighted by molar-refractivity contribution is -0.733. The number of pyridine rings is 1. The summed E-state index contributed by atoms with van der Waals surface area (Å²) in [7, 11) is 0. The molecule has 19 heavy (non-hydrogen) atoms. The largest absolute Gasteiger partial charge is 0.240 e.